The number of fused-ring (bicyclic) bond motifs is 1. The van der Waals surface area contributed by atoms with Gasteiger partial charge in [0, 0.05) is 12.6 Å². The smallest absolute Gasteiger partial charge is 0.342 e. The maximum atomic E-state index is 12.7. The molecule has 0 saturated heterocycles. The predicted octanol–water partition coefficient (Wildman–Crippen LogP) is 1.72. The Morgan fingerprint density at radius 2 is 1.92 bits per heavy atom. The number of carbonyl (C=O) groups excluding carboxylic acids is 2. The first-order chi connectivity index (χ1) is 11.3. The summed E-state index contributed by atoms with van der Waals surface area (Å²) in [6.07, 6.45) is 1.47. The van der Waals surface area contributed by atoms with Crippen LogP contribution in [-0.4, -0.2) is 37.6 Å². The zero-order valence-electron chi connectivity index (χ0n) is 13.4. The molecule has 126 valence electrons. The number of ketones is 1. The Bertz CT molecular complexity index is 878. The van der Waals surface area contributed by atoms with E-state index in [0.29, 0.717) is 11.1 Å². The van der Waals surface area contributed by atoms with Crippen LogP contribution in [0, 0.1) is 6.92 Å². The number of sulfonamides is 1. The van der Waals surface area contributed by atoms with E-state index < -0.39 is 16.0 Å². The van der Waals surface area contributed by atoms with E-state index in [1.54, 1.807) is 31.2 Å². The maximum absolute atomic E-state index is 12.7. The number of hydrogen-bond acceptors (Lipinski definition) is 5. The van der Waals surface area contributed by atoms with E-state index >= 15 is 0 Å². The Labute approximate surface area is 140 Å². The molecule has 0 fully saturated rings. The monoisotopic (exact) mass is 347 g/mol. The molecule has 1 aromatic carbocycles. The van der Waals surface area contributed by atoms with E-state index in [4.69, 9.17) is 4.74 Å². The molecule has 2 aliphatic rings. The topological polar surface area (TPSA) is 80.8 Å². The van der Waals surface area contributed by atoms with Crippen LogP contribution >= 0.6 is 0 Å². The minimum absolute atomic E-state index is 0.0224. The lowest BCUT2D eigenvalue weighted by molar-refractivity contribution is -0.139. The van der Waals surface area contributed by atoms with Crippen LogP contribution in [0.15, 0.2) is 52.1 Å². The minimum atomic E-state index is -3.72. The number of esters is 1. The second kappa shape index (κ2) is 5.90. The number of nitrogens with zero attached hydrogens (tertiary/aromatic N) is 1. The molecule has 0 radical (unpaired) electrons. The Morgan fingerprint density at radius 3 is 2.54 bits per heavy atom. The average Bonchev–Trinajstić information content (AvgIpc) is 3.04. The third kappa shape index (κ3) is 2.65. The van der Waals surface area contributed by atoms with Crippen molar-refractivity contribution in [2.24, 2.45) is 0 Å². The highest BCUT2D eigenvalue weighted by Gasteiger charge is 2.39. The summed E-state index contributed by atoms with van der Waals surface area (Å²) < 4.78 is 31.5. The van der Waals surface area contributed by atoms with Gasteiger partial charge in [-0.1, -0.05) is 17.7 Å². The number of hydrogen-bond donors (Lipinski definition) is 0. The zero-order valence-corrected chi connectivity index (χ0v) is 14.2. The number of carbonyl (C=O) groups is 2. The third-order valence-electron chi connectivity index (χ3n) is 4.04. The van der Waals surface area contributed by atoms with Crippen LogP contribution in [0.3, 0.4) is 0 Å². The van der Waals surface area contributed by atoms with E-state index in [-0.39, 0.29) is 35.8 Å². The van der Waals surface area contributed by atoms with Gasteiger partial charge in [-0.05, 0) is 37.1 Å². The van der Waals surface area contributed by atoms with Crippen molar-refractivity contribution in [1.82, 2.24) is 4.31 Å². The van der Waals surface area contributed by atoms with Crippen LogP contribution in [0.1, 0.15) is 18.9 Å². The highest BCUT2D eigenvalue weighted by atomic mass is 32.2. The molecule has 6 nitrogen and oxygen atoms in total. The quantitative estimate of drug-likeness (QED) is 0.612. The first kappa shape index (κ1) is 16.4. The SMILES string of the molecule is CCOC(=O)C1=C2CN(S(=O)(=O)c3ccc(C)cc3)C=C2CC1=O. The molecule has 1 aliphatic heterocycles. The molecule has 0 N–H and O–H groups in total. The van der Waals surface area contributed by atoms with Gasteiger partial charge in [-0.2, -0.15) is 0 Å². The molecule has 0 aromatic heterocycles. The van der Waals surface area contributed by atoms with Crippen LogP contribution < -0.4 is 0 Å². The molecule has 0 bridgehead atoms. The van der Waals surface area contributed by atoms with E-state index in [1.807, 2.05) is 6.92 Å². The number of Topliss-reactive ketones (excluding diaryl/α,β-unsaturated/α-hetero) is 1. The van der Waals surface area contributed by atoms with Crippen molar-refractivity contribution in [1.29, 1.82) is 0 Å². The number of ether oxygens (including phenoxy) is 1. The first-order valence-electron chi connectivity index (χ1n) is 7.57. The van der Waals surface area contributed by atoms with Crippen LogP contribution in [0.2, 0.25) is 0 Å². The maximum Gasteiger partial charge on any atom is 0.342 e. The highest BCUT2D eigenvalue weighted by molar-refractivity contribution is 7.89. The van der Waals surface area contributed by atoms with E-state index in [9.17, 15) is 18.0 Å². The lowest BCUT2D eigenvalue weighted by Gasteiger charge is -2.17. The standard InChI is InChI=1S/C17H17NO5S/c1-3-23-17(20)16-14-10-18(9-12(14)8-15(16)19)24(21,22)13-6-4-11(2)5-7-13/h4-7,9H,3,8,10H2,1-2H3. The van der Waals surface area contributed by atoms with Gasteiger partial charge in [0.2, 0.25) is 0 Å². The fourth-order valence-corrected chi connectivity index (χ4v) is 4.13. The second-order valence-corrected chi connectivity index (χ2v) is 7.58. The van der Waals surface area contributed by atoms with Crippen LogP contribution in [-0.2, 0) is 24.3 Å². The molecule has 0 saturated carbocycles. The molecule has 0 amide bonds. The molecule has 1 aliphatic carbocycles. The predicted molar refractivity (Wildman–Crippen MR) is 86.4 cm³/mol. The zero-order chi connectivity index (χ0) is 17.5. The van der Waals surface area contributed by atoms with Gasteiger partial charge >= 0.3 is 5.97 Å². The summed E-state index contributed by atoms with van der Waals surface area (Å²) in [6, 6.07) is 6.54. The molecular formula is C17H17NO5S. The Kier molecular flexibility index (Phi) is 4.04. The fraction of sp³-hybridized carbons (Fsp3) is 0.294. The van der Waals surface area contributed by atoms with Crippen molar-refractivity contribution in [2.45, 2.75) is 25.2 Å². The second-order valence-electron chi connectivity index (χ2n) is 5.69. The van der Waals surface area contributed by atoms with Crippen molar-refractivity contribution in [3.05, 3.63) is 52.7 Å². The summed E-state index contributed by atoms with van der Waals surface area (Å²) in [6.45, 7) is 3.67. The van der Waals surface area contributed by atoms with Gasteiger partial charge in [0.25, 0.3) is 10.0 Å². The van der Waals surface area contributed by atoms with Crippen molar-refractivity contribution in [3.8, 4) is 0 Å². The summed E-state index contributed by atoms with van der Waals surface area (Å²) in [5, 5.41) is 0. The number of aryl methyl sites for hydroxylation is 1. The van der Waals surface area contributed by atoms with Gasteiger partial charge in [0.15, 0.2) is 5.78 Å². The van der Waals surface area contributed by atoms with Crippen LogP contribution in [0.25, 0.3) is 0 Å². The van der Waals surface area contributed by atoms with E-state index in [0.717, 1.165) is 5.56 Å². The summed E-state index contributed by atoms with van der Waals surface area (Å²) in [5.41, 5.74) is 1.96. The largest absolute Gasteiger partial charge is 0.462 e. The van der Waals surface area contributed by atoms with Crippen molar-refractivity contribution >= 4 is 21.8 Å². The molecule has 0 atom stereocenters. The molecular weight excluding hydrogens is 330 g/mol. The first-order valence-corrected chi connectivity index (χ1v) is 9.01. The molecule has 3 rings (SSSR count). The molecule has 7 heteroatoms. The van der Waals surface area contributed by atoms with Crippen LogP contribution in [0.4, 0.5) is 0 Å². The summed E-state index contributed by atoms with van der Waals surface area (Å²) in [4.78, 5) is 24.1. The van der Waals surface area contributed by atoms with E-state index in [1.165, 1.54) is 10.5 Å². The summed E-state index contributed by atoms with van der Waals surface area (Å²) >= 11 is 0. The fourth-order valence-electron chi connectivity index (χ4n) is 2.82. The highest BCUT2D eigenvalue weighted by Crippen LogP contribution is 2.37. The third-order valence-corrected chi connectivity index (χ3v) is 5.76. The van der Waals surface area contributed by atoms with Gasteiger partial charge in [-0.25, -0.2) is 13.2 Å². The lowest BCUT2D eigenvalue weighted by Crippen LogP contribution is -2.26. The molecule has 1 heterocycles. The van der Waals surface area contributed by atoms with Crippen LogP contribution in [0.5, 0.6) is 0 Å². The van der Waals surface area contributed by atoms with Gasteiger partial charge in [-0.3, -0.25) is 9.10 Å². The number of rotatable bonds is 4. The summed E-state index contributed by atoms with van der Waals surface area (Å²) in [5.74, 6) is -1.00. The Balaban J connectivity index is 1.94. The van der Waals surface area contributed by atoms with Crippen molar-refractivity contribution in [2.75, 3.05) is 13.2 Å². The molecule has 0 unspecified atom stereocenters. The van der Waals surface area contributed by atoms with Crippen molar-refractivity contribution < 1.29 is 22.7 Å². The van der Waals surface area contributed by atoms with Gasteiger partial charge in [0.05, 0.1) is 18.0 Å². The molecule has 0 spiro atoms. The Morgan fingerprint density at radius 1 is 1.25 bits per heavy atom. The van der Waals surface area contributed by atoms with E-state index in [2.05, 4.69) is 0 Å². The Hall–Kier alpha value is -2.41. The molecule has 24 heavy (non-hydrogen) atoms. The van der Waals surface area contributed by atoms with Gasteiger partial charge < -0.3 is 4.74 Å². The minimum Gasteiger partial charge on any atom is -0.462 e. The van der Waals surface area contributed by atoms with Gasteiger partial charge in [0.1, 0.15) is 5.57 Å². The normalized spacial score (nSPS) is 17.2. The lowest BCUT2D eigenvalue weighted by atomic mass is 10.1. The average molecular weight is 347 g/mol. The summed E-state index contributed by atoms with van der Waals surface area (Å²) in [7, 11) is -3.72. The number of benzene rings is 1. The molecule has 1 aromatic rings. The van der Waals surface area contributed by atoms with Gasteiger partial charge in [-0.15, -0.1) is 0 Å². The van der Waals surface area contributed by atoms with Crippen molar-refractivity contribution in [3.63, 3.8) is 0 Å².